The Morgan fingerprint density at radius 3 is 2.44 bits per heavy atom. The predicted octanol–water partition coefficient (Wildman–Crippen LogP) is 2.55. The van der Waals surface area contributed by atoms with E-state index in [0.717, 1.165) is 0 Å². The van der Waals surface area contributed by atoms with Crippen molar-refractivity contribution in [2.45, 2.75) is 13.8 Å². The molecule has 0 aliphatic carbocycles. The van der Waals surface area contributed by atoms with Crippen LogP contribution in [0.4, 0.5) is 11.4 Å². The number of carbonyl (C=O) groups is 3. The molecule has 0 unspecified atom stereocenters. The average molecular weight is 441 g/mol. The molecule has 1 heterocycles. The molecule has 0 saturated carbocycles. The van der Waals surface area contributed by atoms with E-state index in [1.165, 1.54) is 19.1 Å². The molecule has 9 nitrogen and oxygen atoms in total. The van der Waals surface area contributed by atoms with Crippen LogP contribution in [0.2, 0.25) is 0 Å². The van der Waals surface area contributed by atoms with Gasteiger partial charge in [0.2, 0.25) is 5.91 Å². The summed E-state index contributed by atoms with van der Waals surface area (Å²) in [5.74, 6) is 0.589. The highest BCUT2D eigenvalue weighted by molar-refractivity contribution is 6.06. The van der Waals surface area contributed by atoms with Crippen molar-refractivity contribution in [1.82, 2.24) is 4.90 Å². The number of hydrogen-bond donors (Lipinski definition) is 1. The quantitative estimate of drug-likeness (QED) is 0.676. The fourth-order valence-corrected chi connectivity index (χ4v) is 3.45. The summed E-state index contributed by atoms with van der Waals surface area (Å²) in [5, 5.41) is 2.81. The highest BCUT2D eigenvalue weighted by Gasteiger charge is 2.29. The smallest absolute Gasteiger partial charge is 0.265 e. The lowest BCUT2D eigenvalue weighted by atomic mass is 10.1. The summed E-state index contributed by atoms with van der Waals surface area (Å²) in [6, 6.07) is 9.82. The minimum atomic E-state index is -0.361. The van der Waals surface area contributed by atoms with Crippen LogP contribution >= 0.6 is 0 Å². The summed E-state index contributed by atoms with van der Waals surface area (Å²) < 4.78 is 16.0. The summed E-state index contributed by atoms with van der Waals surface area (Å²) in [6.45, 7) is 4.65. The number of methoxy groups -OCH3 is 2. The van der Waals surface area contributed by atoms with Crippen LogP contribution < -0.4 is 24.4 Å². The van der Waals surface area contributed by atoms with E-state index >= 15 is 0 Å². The molecule has 1 aliphatic rings. The van der Waals surface area contributed by atoms with Gasteiger partial charge in [-0.15, -0.1) is 0 Å². The van der Waals surface area contributed by atoms with Crippen LogP contribution in [0, 0.1) is 0 Å². The van der Waals surface area contributed by atoms with Crippen molar-refractivity contribution in [3.05, 3.63) is 42.0 Å². The monoisotopic (exact) mass is 441 g/mol. The molecule has 3 rings (SSSR count). The molecule has 0 bridgehead atoms. The molecule has 0 spiro atoms. The Kier molecular flexibility index (Phi) is 7.19. The number of amides is 3. The Morgan fingerprint density at radius 2 is 1.78 bits per heavy atom. The number of anilines is 2. The van der Waals surface area contributed by atoms with Gasteiger partial charge in [-0.3, -0.25) is 19.3 Å². The SMILES string of the molecule is CCN(CC)C(=O)CN1C(=O)COc2ccc(NC(=O)c3ccc(OC)c(OC)c3)cc21. The van der Waals surface area contributed by atoms with Gasteiger partial charge in [-0.05, 0) is 50.2 Å². The summed E-state index contributed by atoms with van der Waals surface area (Å²) in [4.78, 5) is 40.9. The van der Waals surface area contributed by atoms with Crippen LogP contribution in [0.25, 0.3) is 0 Å². The van der Waals surface area contributed by atoms with Gasteiger partial charge >= 0.3 is 0 Å². The number of benzene rings is 2. The van der Waals surface area contributed by atoms with Crippen LogP contribution in [0.3, 0.4) is 0 Å². The van der Waals surface area contributed by atoms with Crippen molar-refractivity contribution in [3.8, 4) is 17.2 Å². The zero-order valence-electron chi connectivity index (χ0n) is 18.6. The lowest BCUT2D eigenvalue weighted by Gasteiger charge is -2.31. The molecule has 9 heteroatoms. The summed E-state index contributed by atoms with van der Waals surface area (Å²) in [7, 11) is 3.01. The largest absolute Gasteiger partial charge is 0.493 e. The van der Waals surface area contributed by atoms with E-state index in [0.29, 0.717) is 47.3 Å². The number of rotatable bonds is 8. The highest BCUT2D eigenvalue weighted by Crippen LogP contribution is 2.35. The second-order valence-electron chi connectivity index (χ2n) is 7.04. The van der Waals surface area contributed by atoms with Crippen molar-refractivity contribution in [1.29, 1.82) is 0 Å². The summed E-state index contributed by atoms with van der Waals surface area (Å²) >= 11 is 0. The maximum atomic E-state index is 12.8. The molecule has 32 heavy (non-hydrogen) atoms. The Balaban J connectivity index is 1.83. The van der Waals surface area contributed by atoms with Gasteiger partial charge in [-0.2, -0.15) is 0 Å². The molecule has 0 fully saturated rings. The Bertz CT molecular complexity index is 1020. The van der Waals surface area contributed by atoms with Crippen molar-refractivity contribution in [2.75, 3.05) is 50.7 Å². The van der Waals surface area contributed by atoms with Gasteiger partial charge in [-0.25, -0.2) is 0 Å². The van der Waals surface area contributed by atoms with E-state index in [1.54, 1.807) is 41.3 Å². The van der Waals surface area contributed by atoms with Crippen molar-refractivity contribution in [2.24, 2.45) is 0 Å². The van der Waals surface area contributed by atoms with Crippen LogP contribution in [0.5, 0.6) is 17.2 Å². The zero-order chi connectivity index (χ0) is 23.3. The van der Waals surface area contributed by atoms with Gasteiger partial charge in [0.25, 0.3) is 11.8 Å². The standard InChI is InChI=1S/C23H27N3O6/c1-5-25(6-2)21(27)13-26-17-12-16(8-10-18(17)32-14-22(26)28)24-23(29)15-7-9-19(30-3)20(11-15)31-4/h7-12H,5-6,13-14H2,1-4H3,(H,24,29). The maximum absolute atomic E-state index is 12.8. The third kappa shape index (κ3) is 4.77. The first-order chi connectivity index (χ1) is 15.4. The number of hydrogen-bond acceptors (Lipinski definition) is 6. The second-order valence-corrected chi connectivity index (χ2v) is 7.04. The molecule has 2 aromatic rings. The normalized spacial score (nSPS) is 12.5. The fourth-order valence-electron chi connectivity index (χ4n) is 3.45. The Morgan fingerprint density at radius 1 is 1.06 bits per heavy atom. The van der Waals surface area contributed by atoms with Crippen LogP contribution in [-0.4, -0.2) is 63.1 Å². The number of likely N-dealkylation sites (N-methyl/N-ethyl adjacent to an activating group) is 1. The van der Waals surface area contributed by atoms with Crippen molar-refractivity contribution < 1.29 is 28.6 Å². The van der Waals surface area contributed by atoms with E-state index in [1.807, 2.05) is 13.8 Å². The molecule has 1 aliphatic heterocycles. The van der Waals surface area contributed by atoms with E-state index in [2.05, 4.69) is 5.32 Å². The number of nitrogens with one attached hydrogen (secondary N) is 1. The van der Waals surface area contributed by atoms with Crippen molar-refractivity contribution >= 4 is 29.1 Å². The minimum Gasteiger partial charge on any atom is -0.493 e. The van der Waals surface area contributed by atoms with Crippen LogP contribution in [0.15, 0.2) is 36.4 Å². The maximum Gasteiger partial charge on any atom is 0.265 e. The highest BCUT2D eigenvalue weighted by atomic mass is 16.5. The van der Waals surface area contributed by atoms with E-state index in [-0.39, 0.29) is 30.9 Å². The van der Waals surface area contributed by atoms with E-state index in [4.69, 9.17) is 14.2 Å². The topological polar surface area (TPSA) is 97.4 Å². The third-order valence-corrected chi connectivity index (χ3v) is 5.22. The molecular formula is C23H27N3O6. The first-order valence-electron chi connectivity index (χ1n) is 10.3. The second kappa shape index (κ2) is 10.0. The lowest BCUT2D eigenvalue weighted by molar-refractivity contribution is -0.131. The summed E-state index contributed by atoms with van der Waals surface area (Å²) in [6.07, 6.45) is 0. The number of ether oxygens (including phenoxy) is 3. The molecule has 0 saturated heterocycles. The predicted molar refractivity (Wildman–Crippen MR) is 120 cm³/mol. The van der Waals surface area contributed by atoms with Crippen LogP contribution in [-0.2, 0) is 9.59 Å². The molecule has 2 aromatic carbocycles. The first kappa shape index (κ1) is 22.9. The lowest BCUT2D eigenvalue weighted by Crippen LogP contribution is -2.46. The fraction of sp³-hybridized carbons (Fsp3) is 0.348. The molecule has 0 aromatic heterocycles. The molecule has 3 amide bonds. The van der Waals surface area contributed by atoms with E-state index < -0.39 is 0 Å². The third-order valence-electron chi connectivity index (χ3n) is 5.22. The van der Waals surface area contributed by atoms with Gasteiger partial charge in [0.15, 0.2) is 18.1 Å². The Hall–Kier alpha value is -3.75. The average Bonchev–Trinajstić information content (AvgIpc) is 2.81. The van der Waals surface area contributed by atoms with Gasteiger partial charge in [0.05, 0.1) is 19.9 Å². The number of fused-ring (bicyclic) bond motifs is 1. The van der Waals surface area contributed by atoms with Crippen molar-refractivity contribution in [3.63, 3.8) is 0 Å². The van der Waals surface area contributed by atoms with Gasteiger partial charge in [0, 0.05) is 24.3 Å². The molecule has 0 atom stereocenters. The summed E-state index contributed by atoms with van der Waals surface area (Å²) in [5.41, 5.74) is 1.27. The number of nitrogens with zero attached hydrogens (tertiary/aromatic N) is 2. The number of carbonyl (C=O) groups excluding carboxylic acids is 3. The van der Waals surface area contributed by atoms with E-state index in [9.17, 15) is 14.4 Å². The first-order valence-corrected chi connectivity index (χ1v) is 10.3. The minimum absolute atomic E-state index is 0.0933. The molecule has 1 N–H and O–H groups in total. The van der Waals surface area contributed by atoms with Gasteiger partial charge in [-0.1, -0.05) is 0 Å². The molecule has 0 radical (unpaired) electrons. The Labute approximate surface area is 186 Å². The zero-order valence-corrected chi connectivity index (χ0v) is 18.6. The van der Waals surface area contributed by atoms with Gasteiger partial charge < -0.3 is 24.4 Å². The van der Waals surface area contributed by atoms with Crippen LogP contribution in [0.1, 0.15) is 24.2 Å². The molecular weight excluding hydrogens is 414 g/mol. The van der Waals surface area contributed by atoms with Gasteiger partial charge in [0.1, 0.15) is 12.3 Å². The molecule has 170 valence electrons.